The Morgan fingerprint density at radius 3 is 2.72 bits per heavy atom. The van der Waals surface area contributed by atoms with E-state index in [-0.39, 0.29) is 0 Å². The minimum Gasteiger partial charge on any atom is -0.491 e. The van der Waals surface area contributed by atoms with E-state index in [1.165, 1.54) is 25.7 Å². The van der Waals surface area contributed by atoms with Crippen molar-refractivity contribution in [2.45, 2.75) is 38.1 Å². The summed E-state index contributed by atoms with van der Waals surface area (Å²) >= 11 is 0. The highest BCUT2D eigenvalue weighted by Gasteiger charge is 2.18. The van der Waals surface area contributed by atoms with Crippen LogP contribution in [-0.2, 0) is 0 Å². The average molecular weight is 248 g/mol. The lowest BCUT2D eigenvalue weighted by Crippen LogP contribution is -2.30. The van der Waals surface area contributed by atoms with Gasteiger partial charge in [-0.25, -0.2) is 0 Å². The van der Waals surface area contributed by atoms with Crippen LogP contribution >= 0.6 is 0 Å². The first-order valence-electron chi connectivity index (χ1n) is 6.95. The molecule has 1 aromatic rings. The van der Waals surface area contributed by atoms with Crippen LogP contribution in [0, 0.1) is 0 Å². The first-order valence-corrected chi connectivity index (χ1v) is 6.95. The molecule has 0 heterocycles. The topological polar surface area (TPSA) is 38.5 Å². The Hall–Kier alpha value is -1.22. The van der Waals surface area contributed by atoms with Gasteiger partial charge in [0, 0.05) is 12.6 Å². The number of nitrogens with two attached hydrogens (primary N) is 1. The monoisotopic (exact) mass is 248 g/mol. The number of rotatable bonds is 6. The van der Waals surface area contributed by atoms with Crippen LogP contribution in [0.15, 0.2) is 24.3 Å². The van der Waals surface area contributed by atoms with E-state index in [9.17, 15) is 0 Å². The van der Waals surface area contributed by atoms with Gasteiger partial charge in [-0.3, -0.25) is 0 Å². The fourth-order valence-electron chi connectivity index (χ4n) is 2.64. The van der Waals surface area contributed by atoms with Crippen molar-refractivity contribution >= 4 is 5.69 Å². The molecule has 0 aliphatic heterocycles. The van der Waals surface area contributed by atoms with Gasteiger partial charge in [0.05, 0.1) is 12.3 Å². The molecule has 1 aliphatic carbocycles. The quantitative estimate of drug-likeness (QED) is 0.621. The molecule has 0 saturated heterocycles. The molecule has 0 amide bonds. The lowest BCUT2D eigenvalue weighted by atomic mass is 10.2. The van der Waals surface area contributed by atoms with Gasteiger partial charge in [0.2, 0.25) is 0 Å². The molecule has 0 bridgehead atoms. The Bertz CT molecular complexity index is 361. The zero-order valence-electron chi connectivity index (χ0n) is 11.3. The second kappa shape index (κ2) is 6.64. The third-order valence-corrected chi connectivity index (χ3v) is 3.78. The Morgan fingerprint density at radius 2 is 2.00 bits per heavy atom. The van der Waals surface area contributed by atoms with Crippen molar-refractivity contribution in [3.8, 4) is 5.75 Å². The van der Waals surface area contributed by atoms with E-state index in [4.69, 9.17) is 10.5 Å². The zero-order valence-corrected chi connectivity index (χ0v) is 11.3. The van der Waals surface area contributed by atoms with Crippen molar-refractivity contribution in [1.29, 1.82) is 0 Å². The molecule has 3 nitrogen and oxygen atoms in total. The van der Waals surface area contributed by atoms with Crippen LogP contribution in [0.1, 0.15) is 32.1 Å². The summed E-state index contributed by atoms with van der Waals surface area (Å²) in [7, 11) is 2.23. The van der Waals surface area contributed by atoms with Gasteiger partial charge in [0.25, 0.3) is 0 Å². The first kappa shape index (κ1) is 13.2. The standard InChI is InChI=1S/C15H24N2O/c1-17(13-7-2-3-8-13)11-6-12-18-15-10-5-4-9-14(15)16/h4-5,9-10,13H,2-3,6-8,11-12,16H2,1H3. The average Bonchev–Trinajstić information content (AvgIpc) is 2.90. The zero-order chi connectivity index (χ0) is 12.8. The van der Waals surface area contributed by atoms with Crippen LogP contribution in [0.3, 0.4) is 0 Å². The van der Waals surface area contributed by atoms with Crippen molar-refractivity contribution in [1.82, 2.24) is 4.90 Å². The van der Waals surface area contributed by atoms with Crippen LogP contribution in [-0.4, -0.2) is 31.1 Å². The maximum atomic E-state index is 5.83. The number of para-hydroxylation sites is 2. The highest BCUT2D eigenvalue weighted by atomic mass is 16.5. The number of ether oxygens (including phenoxy) is 1. The molecular weight excluding hydrogens is 224 g/mol. The summed E-state index contributed by atoms with van der Waals surface area (Å²) in [6.45, 7) is 1.85. The summed E-state index contributed by atoms with van der Waals surface area (Å²) in [5.41, 5.74) is 6.55. The van der Waals surface area contributed by atoms with Gasteiger partial charge in [0.15, 0.2) is 0 Å². The van der Waals surface area contributed by atoms with Crippen molar-refractivity contribution in [2.75, 3.05) is 25.9 Å². The molecule has 2 N–H and O–H groups in total. The summed E-state index contributed by atoms with van der Waals surface area (Å²) in [6, 6.07) is 8.48. The van der Waals surface area contributed by atoms with E-state index in [2.05, 4.69) is 11.9 Å². The maximum Gasteiger partial charge on any atom is 0.142 e. The molecule has 1 aliphatic rings. The predicted octanol–water partition coefficient (Wildman–Crippen LogP) is 2.91. The molecular formula is C15H24N2O. The van der Waals surface area contributed by atoms with Gasteiger partial charge in [-0.2, -0.15) is 0 Å². The number of benzene rings is 1. The second-order valence-corrected chi connectivity index (χ2v) is 5.16. The van der Waals surface area contributed by atoms with Crippen molar-refractivity contribution in [3.63, 3.8) is 0 Å². The summed E-state index contributed by atoms with van der Waals surface area (Å²) in [6.07, 6.45) is 6.57. The van der Waals surface area contributed by atoms with E-state index in [0.717, 1.165) is 37.1 Å². The van der Waals surface area contributed by atoms with Crippen molar-refractivity contribution in [3.05, 3.63) is 24.3 Å². The predicted molar refractivity (Wildman–Crippen MR) is 75.9 cm³/mol. The van der Waals surface area contributed by atoms with E-state index >= 15 is 0 Å². The normalized spacial score (nSPS) is 16.3. The van der Waals surface area contributed by atoms with Gasteiger partial charge in [-0.05, 0) is 38.4 Å². The smallest absolute Gasteiger partial charge is 0.142 e. The maximum absolute atomic E-state index is 5.83. The molecule has 0 spiro atoms. The minimum absolute atomic E-state index is 0.724. The third kappa shape index (κ3) is 3.64. The number of anilines is 1. The molecule has 1 fully saturated rings. The van der Waals surface area contributed by atoms with Crippen LogP contribution < -0.4 is 10.5 Å². The first-order chi connectivity index (χ1) is 8.77. The van der Waals surface area contributed by atoms with Crippen molar-refractivity contribution < 1.29 is 4.74 Å². The Morgan fingerprint density at radius 1 is 1.28 bits per heavy atom. The van der Waals surface area contributed by atoms with Gasteiger partial charge >= 0.3 is 0 Å². The van der Waals surface area contributed by atoms with E-state index in [0.29, 0.717) is 0 Å². The molecule has 0 radical (unpaired) electrons. The molecule has 18 heavy (non-hydrogen) atoms. The summed E-state index contributed by atoms with van der Waals surface area (Å²) in [5, 5.41) is 0. The highest BCUT2D eigenvalue weighted by Crippen LogP contribution is 2.23. The summed E-state index contributed by atoms with van der Waals surface area (Å²) < 4.78 is 5.70. The van der Waals surface area contributed by atoms with Crippen LogP contribution in [0.5, 0.6) is 5.75 Å². The molecule has 0 aromatic heterocycles. The van der Waals surface area contributed by atoms with Gasteiger partial charge < -0.3 is 15.4 Å². The van der Waals surface area contributed by atoms with E-state index in [1.807, 2.05) is 24.3 Å². The molecule has 2 rings (SSSR count). The molecule has 100 valence electrons. The second-order valence-electron chi connectivity index (χ2n) is 5.16. The Kier molecular flexibility index (Phi) is 4.88. The molecule has 0 unspecified atom stereocenters. The summed E-state index contributed by atoms with van der Waals surface area (Å²) in [5.74, 6) is 0.806. The third-order valence-electron chi connectivity index (χ3n) is 3.78. The minimum atomic E-state index is 0.724. The largest absolute Gasteiger partial charge is 0.491 e. The highest BCUT2D eigenvalue weighted by molar-refractivity contribution is 5.51. The van der Waals surface area contributed by atoms with Crippen molar-refractivity contribution in [2.24, 2.45) is 0 Å². The number of nitrogen functional groups attached to an aromatic ring is 1. The number of hydrogen-bond acceptors (Lipinski definition) is 3. The summed E-state index contributed by atoms with van der Waals surface area (Å²) in [4.78, 5) is 2.48. The SMILES string of the molecule is CN(CCCOc1ccccc1N)C1CCCC1. The molecule has 1 aromatic carbocycles. The fraction of sp³-hybridized carbons (Fsp3) is 0.600. The van der Waals surface area contributed by atoms with E-state index in [1.54, 1.807) is 0 Å². The molecule has 3 heteroatoms. The van der Waals surface area contributed by atoms with E-state index < -0.39 is 0 Å². The molecule has 1 saturated carbocycles. The lowest BCUT2D eigenvalue weighted by Gasteiger charge is -2.23. The number of nitrogens with zero attached hydrogens (tertiary/aromatic N) is 1. The van der Waals surface area contributed by atoms with Gasteiger partial charge in [-0.1, -0.05) is 25.0 Å². The fourth-order valence-corrected chi connectivity index (χ4v) is 2.64. The molecule has 0 atom stereocenters. The lowest BCUT2D eigenvalue weighted by molar-refractivity contribution is 0.216. The Balaban J connectivity index is 1.65. The number of hydrogen-bond donors (Lipinski definition) is 1. The van der Waals surface area contributed by atoms with Crippen LogP contribution in [0.4, 0.5) is 5.69 Å². The van der Waals surface area contributed by atoms with Crippen LogP contribution in [0.25, 0.3) is 0 Å². The van der Waals surface area contributed by atoms with Gasteiger partial charge in [0.1, 0.15) is 5.75 Å². The van der Waals surface area contributed by atoms with Gasteiger partial charge in [-0.15, -0.1) is 0 Å². The Labute approximate surface area is 110 Å². The van der Waals surface area contributed by atoms with Crippen LogP contribution in [0.2, 0.25) is 0 Å².